The summed E-state index contributed by atoms with van der Waals surface area (Å²) in [5.41, 5.74) is 3.67. The largest absolute Gasteiger partial charge is 0.352 e. The predicted molar refractivity (Wildman–Crippen MR) is 101 cm³/mol. The quantitative estimate of drug-likeness (QED) is 0.672. The van der Waals surface area contributed by atoms with Crippen molar-refractivity contribution in [2.45, 2.75) is 38.0 Å². The number of fused-ring (bicyclic) bond motifs is 1. The van der Waals surface area contributed by atoms with Crippen LogP contribution < -0.4 is 5.69 Å². The molecule has 0 aliphatic heterocycles. The molecule has 0 unspecified atom stereocenters. The van der Waals surface area contributed by atoms with E-state index >= 15 is 0 Å². The number of nitrogens with zero attached hydrogens (tertiary/aromatic N) is 2. The monoisotopic (exact) mass is 350 g/mol. The average Bonchev–Trinajstić information content (AvgIpc) is 3.50. The van der Waals surface area contributed by atoms with Gasteiger partial charge in [-0.05, 0) is 67.7 Å². The van der Waals surface area contributed by atoms with Crippen LogP contribution in [0.4, 0.5) is 0 Å². The number of hydrogen-bond donors (Lipinski definition) is 0. The summed E-state index contributed by atoms with van der Waals surface area (Å²) in [6.45, 7) is 0. The molecule has 1 aromatic heterocycles. The van der Waals surface area contributed by atoms with Crippen LogP contribution in [0.15, 0.2) is 47.3 Å². The van der Waals surface area contributed by atoms with E-state index in [4.69, 9.17) is 11.6 Å². The summed E-state index contributed by atoms with van der Waals surface area (Å²) < 4.78 is 1.68. The number of benzene rings is 2. The van der Waals surface area contributed by atoms with Gasteiger partial charge < -0.3 is 0 Å². The standard InChI is InChI=1S/C21H19ClN2O/c22-17-3-1-2-4-19(17)24-20-12-15(14-7-8-14)9-10-16(20)18(23-21(24)25)11-13-5-6-13/h1-4,9-10,12-14H,5-8,11H2. The summed E-state index contributed by atoms with van der Waals surface area (Å²) in [5, 5.41) is 1.65. The van der Waals surface area contributed by atoms with Crippen LogP contribution in [-0.4, -0.2) is 9.55 Å². The van der Waals surface area contributed by atoms with Crippen LogP contribution in [-0.2, 0) is 6.42 Å². The Morgan fingerprint density at radius 1 is 1.08 bits per heavy atom. The Bertz CT molecular complexity index is 1030. The fraction of sp³-hybridized carbons (Fsp3) is 0.333. The van der Waals surface area contributed by atoms with Gasteiger partial charge in [-0.3, -0.25) is 4.57 Å². The molecular weight excluding hydrogens is 332 g/mol. The SMILES string of the molecule is O=c1nc(CC2CC2)c2ccc(C3CC3)cc2n1-c1ccccc1Cl. The lowest BCUT2D eigenvalue weighted by Crippen LogP contribution is -2.24. The Balaban J connectivity index is 1.80. The molecule has 126 valence electrons. The topological polar surface area (TPSA) is 34.9 Å². The first kappa shape index (κ1) is 15.2. The number of halogens is 1. The predicted octanol–water partition coefficient (Wildman–Crippen LogP) is 4.87. The average molecular weight is 351 g/mol. The molecule has 0 atom stereocenters. The van der Waals surface area contributed by atoms with Crippen LogP contribution in [0.3, 0.4) is 0 Å². The minimum absolute atomic E-state index is 0.232. The molecule has 4 heteroatoms. The van der Waals surface area contributed by atoms with E-state index in [1.54, 1.807) is 4.57 Å². The Morgan fingerprint density at radius 2 is 1.88 bits per heavy atom. The molecular formula is C21H19ClN2O. The fourth-order valence-electron chi connectivity index (χ4n) is 3.59. The van der Waals surface area contributed by atoms with Crippen molar-refractivity contribution in [2.24, 2.45) is 5.92 Å². The molecule has 2 aliphatic carbocycles. The molecule has 0 N–H and O–H groups in total. The van der Waals surface area contributed by atoms with E-state index in [0.717, 1.165) is 23.0 Å². The van der Waals surface area contributed by atoms with Crippen LogP contribution in [0.1, 0.15) is 42.9 Å². The summed E-state index contributed by atoms with van der Waals surface area (Å²) in [6.07, 6.45) is 5.87. The molecule has 2 saturated carbocycles. The van der Waals surface area contributed by atoms with E-state index < -0.39 is 0 Å². The van der Waals surface area contributed by atoms with Crippen molar-refractivity contribution in [3.8, 4) is 5.69 Å². The second kappa shape index (κ2) is 5.70. The third-order valence-electron chi connectivity index (χ3n) is 5.32. The number of hydrogen-bond acceptors (Lipinski definition) is 2. The normalized spacial score (nSPS) is 17.2. The molecule has 0 saturated heterocycles. The molecule has 0 bridgehead atoms. The summed E-state index contributed by atoms with van der Waals surface area (Å²) in [7, 11) is 0. The third kappa shape index (κ3) is 2.77. The van der Waals surface area contributed by atoms with Gasteiger partial charge in [-0.15, -0.1) is 0 Å². The van der Waals surface area contributed by atoms with E-state index in [9.17, 15) is 4.79 Å². The molecule has 25 heavy (non-hydrogen) atoms. The highest BCUT2D eigenvalue weighted by atomic mass is 35.5. The van der Waals surface area contributed by atoms with Crippen molar-refractivity contribution >= 4 is 22.5 Å². The zero-order valence-corrected chi connectivity index (χ0v) is 14.7. The molecule has 0 amide bonds. The number of aromatic nitrogens is 2. The highest BCUT2D eigenvalue weighted by molar-refractivity contribution is 6.32. The van der Waals surface area contributed by atoms with Gasteiger partial charge in [-0.2, -0.15) is 4.98 Å². The first-order valence-corrected chi connectivity index (χ1v) is 9.39. The molecule has 2 fully saturated rings. The zero-order valence-electron chi connectivity index (χ0n) is 13.9. The van der Waals surface area contributed by atoms with Gasteiger partial charge in [0.1, 0.15) is 0 Å². The van der Waals surface area contributed by atoms with Crippen LogP contribution in [0.5, 0.6) is 0 Å². The Morgan fingerprint density at radius 3 is 2.60 bits per heavy atom. The Labute approximate surface area is 151 Å². The first-order chi connectivity index (χ1) is 12.2. The van der Waals surface area contributed by atoms with Crippen molar-refractivity contribution in [1.82, 2.24) is 9.55 Å². The maximum atomic E-state index is 12.9. The first-order valence-electron chi connectivity index (χ1n) is 9.01. The van der Waals surface area contributed by atoms with Gasteiger partial charge in [0, 0.05) is 5.39 Å². The van der Waals surface area contributed by atoms with E-state index in [0.29, 0.717) is 22.5 Å². The van der Waals surface area contributed by atoms with E-state index in [2.05, 4.69) is 23.2 Å². The lowest BCUT2D eigenvalue weighted by molar-refractivity contribution is 0.791. The van der Waals surface area contributed by atoms with Crippen molar-refractivity contribution in [2.75, 3.05) is 0 Å². The van der Waals surface area contributed by atoms with E-state index in [1.807, 2.05) is 24.3 Å². The van der Waals surface area contributed by atoms with Gasteiger partial charge in [-0.25, -0.2) is 4.79 Å². The minimum Gasteiger partial charge on any atom is -0.259 e. The summed E-state index contributed by atoms with van der Waals surface area (Å²) in [4.78, 5) is 17.3. The molecule has 2 aromatic carbocycles. The number of rotatable bonds is 4. The maximum Gasteiger partial charge on any atom is 0.352 e. The van der Waals surface area contributed by atoms with Gasteiger partial charge >= 0.3 is 5.69 Å². The maximum absolute atomic E-state index is 12.9. The van der Waals surface area contributed by atoms with Gasteiger partial charge in [0.05, 0.1) is 21.9 Å². The Kier molecular flexibility index (Phi) is 3.46. The molecule has 0 radical (unpaired) electrons. The van der Waals surface area contributed by atoms with Crippen LogP contribution in [0.2, 0.25) is 5.02 Å². The van der Waals surface area contributed by atoms with Crippen molar-refractivity contribution in [3.05, 3.63) is 69.2 Å². The third-order valence-corrected chi connectivity index (χ3v) is 5.64. The van der Waals surface area contributed by atoms with Gasteiger partial charge in [-0.1, -0.05) is 35.9 Å². The van der Waals surface area contributed by atoms with Crippen molar-refractivity contribution in [3.63, 3.8) is 0 Å². The highest BCUT2D eigenvalue weighted by Gasteiger charge is 2.27. The van der Waals surface area contributed by atoms with Gasteiger partial charge in [0.2, 0.25) is 0 Å². The van der Waals surface area contributed by atoms with Crippen LogP contribution >= 0.6 is 11.6 Å². The fourth-order valence-corrected chi connectivity index (χ4v) is 3.81. The lowest BCUT2D eigenvalue weighted by atomic mass is 10.0. The molecule has 3 nitrogen and oxygen atoms in total. The second-order valence-electron chi connectivity index (χ2n) is 7.33. The summed E-state index contributed by atoms with van der Waals surface area (Å²) >= 11 is 6.39. The molecule has 0 spiro atoms. The van der Waals surface area contributed by atoms with Crippen molar-refractivity contribution < 1.29 is 0 Å². The summed E-state index contributed by atoms with van der Waals surface area (Å²) in [5.74, 6) is 1.33. The van der Waals surface area contributed by atoms with Crippen LogP contribution in [0.25, 0.3) is 16.6 Å². The van der Waals surface area contributed by atoms with Gasteiger partial charge in [0.15, 0.2) is 0 Å². The minimum atomic E-state index is -0.232. The summed E-state index contributed by atoms with van der Waals surface area (Å²) in [6, 6.07) is 14.0. The highest BCUT2D eigenvalue weighted by Crippen LogP contribution is 2.41. The van der Waals surface area contributed by atoms with E-state index in [-0.39, 0.29) is 5.69 Å². The zero-order chi connectivity index (χ0) is 17.0. The molecule has 3 aromatic rings. The lowest BCUT2D eigenvalue weighted by Gasteiger charge is -2.15. The molecule has 2 aliphatic rings. The second-order valence-corrected chi connectivity index (χ2v) is 7.73. The van der Waals surface area contributed by atoms with Crippen molar-refractivity contribution in [1.29, 1.82) is 0 Å². The van der Waals surface area contributed by atoms with E-state index in [1.165, 1.54) is 31.2 Å². The Hall–Kier alpha value is -2.13. The molecule has 1 heterocycles. The van der Waals surface area contributed by atoms with Gasteiger partial charge in [0.25, 0.3) is 0 Å². The smallest absolute Gasteiger partial charge is 0.259 e. The molecule has 5 rings (SSSR count). The van der Waals surface area contributed by atoms with Crippen LogP contribution in [0, 0.1) is 5.92 Å². The number of para-hydroxylation sites is 1.